The lowest BCUT2D eigenvalue weighted by Gasteiger charge is -2.06. The fourth-order valence-electron chi connectivity index (χ4n) is 1.80. The molecular weight excluding hydrogens is 296 g/mol. The first-order valence-corrected chi connectivity index (χ1v) is 6.97. The Balaban J connectivity index is 1.85. The second-order valence-electron chi connectivity index (χ2n) is 4.79. The molecule has 0 fully saturated rings. The Morgan fingerprint density at radius 1 is 1.26 bits per heavy atom. The number of carbonyl (C=O) groups is 1. The van der Waals surface area contributed by atoms with E-state index in [1.807, 2.05) is 19.1 Å². The van der Waals surface area contributed by atoms with Crippen molar-refractivity contribution in [1.82, 2.24) is 5.43 Å². The van der Waals surface area contributed by atoms with E-state index in [1.54, 1.807) is 30.3 Å². The van der Waals surface area contributed by atoms with Crippen molar-refractivity contribution in [2.45, 2.75) is 6.92 Å². The number of hydrazone groups is 1. The van der Waals surface area contributed by atoms with Crippen molar-refractivity contribution in [3.8, 4) is 17.2 Å². The number of ether oxygens (including phenoxy) is 2. The molecule has 0 saturated carbocycles. The topological polar surface area (TPSA) is 80.2 Å². The Kier molecular flexibility index (Phi) is 5.57. The van der Waals surface area contributed by atoms with E-state index in [4.69, 9.17) is 9.47 Å². The molecule has 0 aliphatic carbocycles. The molecule has 120 valence electrons. The van der Waals surface area contributed by atoms with E-state index in [1.165, 1.54) is 13.3 Å². The first-order valence-electron chi connectivity index (χ1n) is 6.97. The summed E-state index contributed by atoms with van der Waals surface area (Å²) in [6, 6.07) is 12.4. The van der Waals surface area contributed by atoms with Gasteiger partial charge in [0, 0.05) is 5.56 Å². The highest BCUT2D eigenvalue weighted by atomic mass is 16.5. The Morgan fingerprint density at radius 2 is 2.00 bits per heavy atom. The number of para-hydroxylation sites is 1. The number of rotatable bonds is 6. The highest BCUT2D eigenvalue weighted by Crippen LogP contribution is 2.27. The number of benzene rings is 2. The third-order valence-corrected chi connectivity index (χ3v) is 3.03. The molecule has 2 N–H and O–H groups in total. The van der Waals surface area contributed by atoms with Gasteiger partial charge in [-0.15, -0.1) is 0 Å². The molecule has 2 aromatic carbocycles. The van der Waals surface area contributed by atoms with Gasteiger partial charge >= 0.3 is 0 Å². The lowest BCUT2D eigenvalue weighted by molar-refractivity contribution is -0.123. The molecule has 2 aromatic rings. The van der Waals surface area contributed by atoms with E-state index in [0.29, 0.717) is 17.1 Å². The summed E-state index contributed by atoms with van der Waals surface area (Å²) in [5.74, 6) is 0.510. The number of nitrogens with zero attached hydrogens (tertiary/aromatic N) is 1. The van der Waals surface area contributed by atoms with Gasteiger partial charge in [0.2, 0.25) is 0 Å². The molecular formula is C17H18N2O4. The minimum atomic E-state index is -0.399. The van der Waals surface area contributed by atoms with Gasteiger partial charge in [0.25, 0.3) is 5.91 Å². The van der Waals surface area contributed by atoms with Gasteiger partial charge in [-0.3, -0.25) is 4.79 Å². The number of aromatic hydroxyl groups is 1. The van der Waals surface area contributed by atoms with Crippen molar-refractivity contribution >= 4 is 12.1 Å². The van der Waals surface area contributed by atoms with Crippen LogP contribution in [0.4, 0.5) is 0 Å². The van der Waals surface area contributed by atoms with Crippen LogP contribution >= 0.6 is 0 Å². The van der Waals surface area contributed by atoms with E-state index in [-0.39, 0.29) is 12.4 Å². The van der Waals surface area contributed by atoms with E-state index in [2.05, 4.69) is 10.5 Å². The van der Waals surface area contributed by atoms with E-state index < -0.39 is 5.91 Å². The van der Waals surface area contributed by atoms with Crippen molar-refractivity contribution in [2.24, 2.45) is 5.10 Å². The van der Waals surface area contributed by atoms with Crippen LogP contribution in [0.25, 0.3) is 0 Å². The summed E-state index contributed by atoms with van der Waals surface area (Å²) < 4.78 is 10.3. The van der Waals surface area contributed by atoms with Gasteiger partial charge in [-0.25, -0.2) is 5.43 Å². The summed E-state index contributed by atoms with van der Waals surface area (Å²) in [7, 11) is 1.46. The minimum absolute atomic E-state index is 0.0381. The number of hydrogen-bond donors (Lipinski definition) is 2. The quantitative estimate of drug-likeness (QED) is 0.633. The zero-order valence-electron chi connectivity index (χ0n) is 12.9. The standard InChI is InChI=1S/C17H18N2O4/c1-12-6-8-14(9-7-12)23-11-16(20)19-18-10-13-4-3-5-15(22-2)17(13)21/h3-10,21H,11H2,1-2H3,(H,19,20)/b18-10+. The Labute approximate surface area is 134 Å². The molecule has 0 atom stereocenters. The minimum Gasteiger partial charge on any atom is -0.504 e. The molecule has 6 heteroatoms. The molecule has 23 heavy (non-hydrogen) atoms. The number of amides is 1. The maximum Gasteiger partial charge on any atom is 0.277 e. The van der Waals surface area contributed by atoms with Gasteiger partial charge < -0.3 is 14.6 Å². The van der Waals surface area contributed by atoms with Crippen LogP contribution in [0.5, 0.6) is 17.2 Å². The van der Waals surface area contributed by atoms with Gasteiger partial charge in [0.1, 0.15) is 5.75 Å². The van der Waals surface area contributed by atoms with Gasteiger partial charge in [0.15, 0.2) is 18.1 Å². The molecule has 0 aliphatic rings. The van der Waals surface area contributed by atoms with Crippen LogP contribution < -0.4 is 14.9 Å². The molecule has 0 aromatic heterocycles. The van der Waals surface area contributed by atoms with Crippen molar-refractivity contribution in [2.75, 3.05) is 13.7 Å². The van der Waals surface area contributed by atoms with Crippen LogP contribution in [-0.2, 0) is 4.79 Å². The van der Waals surface area contributed by atoms with Crippen LogP contribution in [0.2, 0.25) is 0 Å². The monoisotopic (exact) mass is 314 g/mol. The van der Waals surface area contributed by atoms with Crippen LogP contribution in [0.15, 0.2) is 47.6 Å². The van der Waals surface area contributed by atoms with E-state index >= 15 is 0 Å². The number of hydrogen-bond acceptors (Lipinski definition) is 5. The normalized spacial score (nSPS) is 10.5. The average Bonchev–Trinajstić information content (AvgIpc) is 2.56. The number of methoxy groups -OCH3 is 1. The Bertz CT molecular complexity index is 696. The van der Waals surface area contributed by atoms with Crippen molar-refractivity contribution in [1.29, 1.82) is 0 Å². The second kappa shape index (κ2) is 7.84. The number of phenolic OH excluding ortho intramolecular Hbond substituents is 1. The van der Waals surface area contributed by atoms with Crippen molar-refractivity contribution < 1.29 is 19.4 Å². The summed E-state index contributed by atoms with van der Waals surface area (Å²) in [5, 5.41) is 13.7. The van der Waals surface area contributed by atoms with Crippen molar-refractivity contribution in [3.05, 3.63) is 53.6 Å². The summed E-state index contributed by atoms with van der Waals surface area (Å²) in [6.45, 7) is 1.82. The summed E-state index contributed by atoms with van der Waals surface area (Å²) >= 11 is 0. The molecule has 0 aliphatic heterocycles. The highest BCUT2D eigenvalue weighted by Gasteiger charge is 2.05. The van der Waals surface area contributed by atoms with Gasteiger partial charge in [-0.05, 0) is 31.2 Å². The SMILES string of the molecule is COc1cccc(/C=N/NC(=O)COc2ccc(C)cc2)c1O. The predicted molar refractivity (Wildman–Crippen MR) is 87.1 cm³/mol. The fraction of sp³-hybridized carbons (Fsp3) is 0.176. The summed E-state index contributed by atoms with van der Waals surface area (Å²) in [4.78, 5) is 11.6. The zero-order valence-corrected chi connectivity index (χ0v) is 12.9. The molecule has 0 radical (unpaired) electrons. The Hall–Kier alpha value is -3.02. The summed E-state index contributed by atoms with van der Waals surface area (Å²) in [5.41, 5.74) is 3.88. The molecule has 6 nitrogen and oxygen atoms in total. The average molecular weight is 314 g/mol. The maximum absolute atomic E-state index is 11.6. The predicted octanol–water partition coefficient (Wildman–Crippen LogP) is 2.24. The van der Waals surface area contributed by atoms with Crippen LogP contribution in [0, 0.1) is 6.92 Å². The van der Waals surface area contributed by atoms with Crippen LogP contribution in [0.1, 0.15) is 11.1 Å². The van der Waals surface area contributed by atoms with E-state index in [9.17, 15) is 9.90 Å². The largest absolute Gasteiger partial charge is 0.504 e. The second-order valence-corrected chi connectivity index (χ2v) is 4.79. The lowest BCUT2D eigenvalue weighted by Crippen LogP contribution is -2.24. The molecule has 2 rings (SSSR count). The van der Waals surface area contributed by atoms with E-state index in [0.717, 1.165) is 5.56 Å². The van der Waals surface area contributed by atoms with Gasteiger partial charge in [-0.1, -0.05) is 23.8 Å². The fourth-order valence-corrected chi connectivity index (χ4v) is 1.80. The molecule has 0 saturated heterocycles. The van der Waals surface area contributed by atoms with Gasteiger partial charge in [-0.2, -0.15) is 5.10 Å². The first-order chi connectivity index (χ1) is 11.1. The van der Waals surface area contributed by atoms with Crippen LogP contribution in [-0.4, -0.2) is 30.9 Å². The highest BCUT2D eigenvalue weighted by molar-refractivity contribution is 5.86. The molecule has 0 spiro atoms. The number of carbonyl (C=O) groups excluding carboxylic acids is 1. The molecule has 0 unspecified atom stereocenters. The lowest BCUT2D eigenvalue weighted by atomic mass is 10.2. The number of nitrogens with one attached hydrogen (secondary N) is 1. The first kappa shape index (κ1) is 16.4. The van der Waals surface area contributed by atoms with Crippen molar-refractivity contribution in [3.63, 3.8) is 0 Å². The number of aryl methyl sites for hydroxylation is 1. The molecule has 0 heterocycles. The number of phenols is 1. The smallest absolute Gasteiger partial charge is 0.277 e. The molecule has 0 bridgehead atoms. The maximum atomic E-state index is 11.6. The zero-order chi connectivity index (χ0) is 16.7. The third kappa shape index (κ3) is 4.74. The third-order valence-electron chi connectivity index (χ3n) is 3.03. The van der Waals surface area contributed by atoms with Crippen LogP contribution in [0.3, 0.4) is 0 Å². The van der Waals surface area contributed by atoms with Gasteiger partial charge in [0.05, 0.1) is 13.3 Å². The summed E-state index contributed by atoms with van der Waals surface area (Å²) in [6.07, 6.45) is 1.33. The Morgan fingerprint density at radius 3 is 2.70 bits per heavy atom. The molecule has 1 amide bonds.